The fraction of sp³-hybridized carbons (Fsp3) is 0.222. The molecular formula is C18H18N2O2S. The third-order valence-electron chi connectivity index (χ3n) is 3.96. The van der Waals surface area contributed by atoms with E-state index in [1.807, 2.05) is 44.2 Å². The van der Waals surface area contributed by atoms with Crippen LogP contribution >= 0.6 is 11.8 Å². The van der Waals surface area contributed by atoms with Gasteiger partial charge in [-0.2, -0.15) is 0 Å². The van der Waals surface area contributed by atoms with Crippen molar-refractivity contribution >= 4 is 29.0 Å². The van der Waals surface area contributed by atoms with Crippen LogP contribution in [-0.4, -0.2) is 27.2 Å². The summed E-state index contributed by atoms with van der Waals surface area (Å²) in [5.41, 5.74) is 4.20. The van der Waals surface area contributed by atoms with Crippen molar-refractivity contribution in [2.24, 2.45) is 0 Å². The molecule has 0 spiro atoms. The summed E-state index contributed by atoms with van der Waals surface area (Å²) in [6.45, 7) is 6.27. The lowest BCUT2D eigenvalue weighted by atomic mass is 10.2. The third-order valence-corrected chi connectivity index (χ3v) is 4.87. The normalized spacial score (nSPS) is 16.7. The first-order valence-electron chi connectivity index (χ1n) is 7.52. The topological polar surface area (TPSA) is 42.3 Å². The van der Waals surface area contributed by atoms with Crippen LogP contribution in [0.1, 0.15) is 23.9 Å². The van der Waals surface area contributed by atoms with E-state index in [1.165, 1.54) is 4.90 Å². The Morgan fingerprint density at radius 1 is 1.13 bits per heavy atom. The first-order valence-corrected chi connectivity index (χ1v) is 8.34. The number of hydrogen-bond acceptors (Lipinski definition) is 3. The molecule has 0 unspecified atom stereocenters. The van der Waals surface area contributed by atoms with Crippen molar-refractivity contribution in [3.8, 4) is 5.69 Å². The van der Waals surface area contributed by atoms with E-state index in [-0.39, 0.29) is 11.1 Å². The first-order chi connectivity index (χ1) is 11.0. The Balaban J connectivity index is 2.02. The van der Waals surface area contributed by atoms with Crippen molar-refractivity contribution in [3.63, 3.8) is 0 Å². The van der Waals surface area contributed by atoms with E-state index in [0.717, 1.165) is 34.4 Å². The van der Waals surface area contributed by atoms with Crippen molar-refractivity contribution in [1.82, 2.24) is 9.47 Å². The van der Waals surface area contributed by atoms with E-state index in [0.29, 0.717) is 11.4 Å². The highest BCUT2D eigenvalue weighted by Gasteiger charge is 2.33. The molecule has 1 aromatic carbocycles. The number of carbonyl (C=O) groups is 2. The molecule has 2 aromatic rings. The number of rotatable bonds is 3. The van der Waals surface area contributed by atoms with E-state index in [9.17, 15) is 9.59 Å². The summed E-state index contributed by atoms with van der Waals surface area (Å²) >= 11 is 1.01. The molecule has 0 saturated carbocycles. The van der Waals surface area contributed by atoms with Crippen LogP contribution in [0, 0.1) is 13.8 Å². The molecule has 0 atom stereocenters. The average Bonchev–Trinajstić information content (AvgIpc) is 2.96. The Morgan fingerprint density at radius 2 is 1.83 bits per heavy atom. The van der Waals surface area contributed by atoms with Gasteiger partial charge >= 0.3 is 0 Å². The minimum atomic E-state index is -0.202. The zero-order valence-corrected chi connectivity index (χ0v) is 14.2. The maximum Gasteiger partial charge on any atom is 0.293 e. The number of aromatic nitrogens is 1. The number of imide groups is 1. The summed E-state index contributed by atoms with van der Waals surface area (Å²) in [5.74, 6) is -0.202. The zero-order chi connectivity index (χ0) is 16.6. The molecule has 1 aromatic heterocycles. The maximum absolute atomic E-state index is 12.2. The van der Waals surface area contributed by atoms with E-state index < -0.39 is 0 Å². The minimum Gasteiger partial charge on any atom is -0.318 e. The number of amides is 2. The lowest BCUT2D eigenvalue weighted by Crippen LogP contribution is -2.27. The number of nitrogens with zero attached hydrogens (tertiary/aromatic N) is 2. The van der Waals surface area contributed by atoms with Gasteiger partial charge in [0.05, 0.1) is 4.91 Å². The fourth-order valence-corrected chi connectivity index (χ4v) is 3.72. The monoisotopic (exact) mass is 326 g/mol. The number of likely N-dealkylation sites (N-methyl/N-ethyl adjacent to an activating group) is 1. The molecule has 118 valence electrons. The van der Waals surface area contributed by atoms with Crippen LogP contribution in [-0.2, 0) is 4.79 Å². The molecule has 0 radical (unpaired) electrons. The largest absolute Gasteiger partial charge is 0.318 e. The Bertz CT molecular complexity index is 806. The highest BCUT2D eigenvalue weighted by molar-refractivity contribution is 8.18. The molecular weight excluding hydrogens is 308 g/mol. The van der Waals surface area contributed by atoms with Crippen LogP contribution < -0.4 is 0 Å². The standard InChI is InChI=1S/C18H18N2O2S/c1-4-19-17(21)16(23-18(19)22)11-14-10-12(2)20(13(14)3)15-8-6-5-7-9-15/h5-11H,4H2,1-3H3/b16-11-. The van der Waals surface area contributed by atoms with Crippen LogP contribution in [0.2, 0.25) is 0 Å². The van der Waals surface area contributed by atoms with Crippen molar-refractivity contribution in [1.29, 1.82) is 0 Å². The van der Waals surface area contributed by atoms with E-state index in [2.05, 4.69) is 16.7 Å². The molecule has 4 nitrogen and oxygen atoms in total. The maximum atomic E-state index is 12.2. The zero-order valence-electron chi connectivity index (χ0n) is 13.4. The third kappa shape index (κ3) is 2.72. The number of thioether (sulfide) groups is 1. The Morgan fingerprint density at radius 3 is 2.43 bits per heavy atom. The Hall–Kier alpha value is -2.27. The van der Waals surface area contributed by atoms with E-state index in [1.54, 1.807) is 6.92 Å². The minimum absolute atomic E-state index is 0.194. The first kappa shape index (κ1) is 15.6. The molecule has 1 saturated heterocycles. The van der Waals surface area contributed by atoms with Crippen LogP contribution in [0.5, 0.6) is 0 Å². The van der Waals surface area contributed by atoms with Crippen LogP contribution in [0.15, 0.2) is 41.3 Å². The number of carbonyl (C=O) groups excluding carboxylic acids is 2. The summed E-state index contributed by atoms with van der Waals surface area (Å²) in [6.07, 6.45) is 1.82. The SMILES string of the molecule is CCN1C(=O)S/C(=C\c2cc(C)n(-c3ccccc3)c2C)C1=O. The van der Waals surface area contributed by atoms with Gasteiger partial charge in [-0.1, -0.05) is 18.2 Å². The summed E-state index contributed by atoms with van der Waals surface area (Å²) in [4.78, 5) is 25.8. The molecule has 3 rings (SSSR count). The predicted octanol–water partition coefficient (Wildman–Crippen LogP) is 4.15. The van der Waals surface area contributed by atoms with E-state index in [4.69, 9.17) is 0 Å². The van der Waals surface area contributed by atoms with Gasteiger partial charge < -0.3 is 4.57 Å². The molecule has 2 heterocycles. The van der Waals surface area contributed by atoms with Gasteiger partial charge in [0, 0.05) is 23.6 Å². The highest BCUT2D eigenvalue weighted by Crippen LogP contribution is 2.33. The number of benzene rings is 1. The number of hydrogen-bond donors (Lipinski definition) is 0. The van der Waals surface area contributed by atoms with Gasteiger partial charge in [-0.05, 0) is 62.4 Å². The predicted molar refractivity (Wildman–Crippen MR) is 93.6 cm³/mol. The Kier molecular flexibility index (Phi) is 4.13. The Labute approximate surface area is 139 Å². The molecule has 0 bridgehead atoms. The lowest BCUT2D eigenvalue weighted by Gasteiger charge is -2.09. The van der Waals surface area contributed by atoms with Gasteiger partial charge in [0.15, 0.2) is 0 Å². The van der Waals surface area contributed by atoms with Gasteiger partial charge in [-0.15, -0.1) is 0 Å². The molecule has 5 heteroatoms. The smallest absolute Gasteiger partial charge is 0.293 e. The van der Waals surface area contributed by atoms with Gasteiger partial charge in [0.2, 0.25) is 0 Å². The quantitative estimate of drug-likeness (QED) is 0.796. The average molecular weight is 326 g/mol. The van der Waals surface area contributed by atoms with Gasteiger partial charge in [0.1, 0.15) is 0 Å². The summed E-state index contributed by atoms with van der Waals surface area (Å²) in [6, 6.07) is 12.1. The van der Waals surface area contributed by atoms with E-state index >= 15 is 0 Å². The second-order valence-corrected chi connectivity index (χ2v) is 6.42. The fourth-order valence-electron chi connectivity index (χ4n) is 2.82. The molecule has 1 aliphatic heterocycles. The summed E-state index contributed by atoms with van der Waals surface area (Å²) < 4.78 is 2.15. The van der Waals surface area contributed by atoms with Crippen LogP contribution in [0.3, 0.4) is 0 Å². The van der Waals surface area contributed by atoms with Crippen LogP contribution in [0.4, 0.5) is 4.79 Å². The molecule has 0 aliphatic carbocycles. The molecule has 0 N–H and O–H groups in total. The highest BCUT2D eigenvalue weighted by atomic mass is 32.2. The van der Waals surface area contributed by atoms with Crippen LogP contribution in [0.25, 0.3) is 11.8 Å². The lowest BCUT2D eigenvalue weighted by molar-refractivity contribution is -0.122. The van der Waals surface area contributed by atoms with Crippen molar-refractivity contribution in [2.75, 3.05) is 6.54 Å². The summed E-state index contributed by atoms with van der Waals surface area (Å²) in [7, 11) is 0. The molecule has 23 heavy (non-hydrogen) atoms. The summed E-state index contributed by atoms with van der Waals surface area (Å²) in [5, 5.41) is -0.194. The molecule has 1 aliphatic rings. The van der Waals surface area contributed by atoms with Gasteiger partial charge in [0.25, 0.3) is 11.1 Å². The second-order valence-electron chi connectivity index (χ2n) is 5.42. The van der Waals surface area contributed by atoms with Gasteiger partial charge in [-0.25, -0.2) is 0 Å². The second kappa shape index (κ2) is 6.08. The molecule has 2 amide bonds. The number of para-hydroxylation sites is 1. The molecule has 1 fully saturated rings. The number of aryl methyl sites for hydroxylation is 1. The van der Waals surface area contributed by atoms with Crippen molar-refractivity contribution in [2.45, 2.75) is 20.8 Å². The van der Waals surface area contributed by atoms with Gasteiger partial charge in [-0.3, -0.25) is 14.5 Å². The van der Waals surface area contributed by atoms with Crippen molar-refractivity contribution in [3.05, 3.63) is 58.3 Å². The van der Waals surface area contributed by atoms with Crippen molar-refractivity contribution < 1.29 is 9.59 Å².